The number of nitrogens with zero attached hydrogens (tertiary/aromatic N) is 3. The highest BCUT2D eigenvalue weighted by Gasteiger charge is 2.26. The second-order valence-corrected chi connectivity index (χ2v) is 4.22. The van der Waals surface area contributed by atoms with Crippen LogP contribution in [-0.4, -0.2) is 23.6 Å². The van der Waals surface area contributed by atoms with Gasteiger partial charge in [-0.05, 0) is 32.9 Å². The molecule has 0 amide bonds. The summed E-state index contributed by atoms with van der Waals surface area (Å²) in [5.74, 6) is 0.779. The van der Waals surface area contributed by atoms with E-state index in [-0.39, 0.29) is 6.10 Å². The topological polar surface area (TPSA) is 46.8 Å². The minimum atomic E-state index is -0.420. The molecule has 1 aliphatic heterocycles. The molecule has 1 atom stereocenters. The molecule has 0 bridgehead atoms. The Hall–Kier alpha value is -1.71. The maximum Gasteiger partial charge on any atom is 0.137 e. The zero-order valence-corrected chi connectivity index (χ0v) is 9.71. The molecule has 1 unspecified atom stereocenters. The third-order valence-electron chi connectivity index (χ3n) is 2.35. The van der Waals surface area contributed by atoms with Crippen LogP contribution in [0.3, 0.4) is 0 Å². The van der Waals surface area contributed by atoms with Crippen molar-refractivity contribution in [2.45, 2.75) is 32.4 Å². The van der Waals surface area contributed by atoms with E-state index in [4.69, 9.17) is 4.74 Å². The summed E-state index contributed by atoms with van der Waals surface area (Å²) in [6.07, 6.45) is 5.23. The molecule has 2 rings (SSSR count). The molecule has 4 nitrogen and oxygen atoms in total. The van der Waals surface area contributed by atoms with Gasteiger partial charge in [0.2, 0.25) is 0 Å². The number of aromatic nitrogens is 1. The minimum absolute atomic E-state index is 0.161. The summed E-state index contributed by atoms with van der Waals surface area (Å²) in [4.78, 5) is 12.6. The van der Waals surface area contributed by atoms with Crippen molar-refractivity contribution in [3.8, 4) is 5.75 Å². The van der Waals surface area contributed by atoms with E-state index in [0.29, 0.717) is 0 Å². The van der Waals surface area contributed by atoms with Crippen LogP contribution in [0.2, 0.25) is 0 Å². The lowest BCUT2D eigenvalue weighted by atomic mass is 10.0. The molecule has 1 aromatic rings. The van der Waals surface area contributed by atoms with Gasteiger partial charge in [-0.2, -0.15) is 0 Å². The number of pyridine rings is 1. The summed E-state index contributed by atoms with van der Waals surface area (Å²) in [5.41, 5.74) is 0.456. The molecule has 0 saturated carbocycles. The highest BCUT2D eigenvalue weighted by molar-refractivity contribution is 5.86. The average Bonchev–Trinajstić information content (AvgIpc) is 2.66. The maximum absolute atomic E-state index is 5.53. The molecule has 0 aromatic carbocycles. The molecule has 2 heterocycles. The summed E-state index contributed by atoms with van der Waals surface area (Å²) >= 11 is 0. The van der Waals surface area contributed by atoms with E-state index in [2.05, 4.69) is 15.0 Å². The zero-order valence-electron chi connectivity index (χ0n) is 9.71. The van der Waals surface area contributed by atoms with Crippen molar-refractivity contribution in [1.29, 1.82) is 0 Å². The van der Waals surface area contributed by atoms with Crippen molar-refractivity contribution >= 4 is 12.6 Å². The molecule has 0 aliphatic carbocycles. The van der Waals surface area contributed by atoms with Crippen molar-refractivity contribution in [2.24, 2.45) is 9.98 Å². The van der Waals surface area contributed by atoms with Crippen molar-refractivity contribution in [3.63, 3.8) is 0 Å². The Morgan fingerprint density at radius 1 is 1.31 bits per heavy atom. The van der Waals surface area contributed by atoms with Crippen LogP contribution in [0.1, 0.15) is 26.5 Å². The SMILES string of the molecule is CC(C)Oc1ccc(C2(C)C=NC=N2)nc1. The van der Waals surface area contributed by atoms with Crippen molar-refractivity contribution < 1.29 is 4.74 Å². The minimum Gasteiger partial charge on any atom is -0.489 e. The van der Waals surface area contributed by atoms with E-state index in [0.717, 1.165) is 11.4 Å². The lowest BCUT2D eigenvalue weighted by Crippen LogP contribution is -2.20. The Balaban J connectivity index is 2.19. The van der Waals surface area contributed by atoms with Crippen molar-refractivity contribution in [1.82, 2.24) is 4.98 Å². The Morgan fingerprint density at radius 3 is 2.62 bits per heavy atom. The van der Waals surface area contributed by atoms with Gasteiger partial charge in [-0.3, -0.25) is 9.98 Å². The number of hydrogen-bond acceptors (Lipinski definition) is 4. The fourth-order valence-corrected chi connectivity index (χ4v) is 1.52. The molecule has 4 heteroatoms. The van der Waals surface area contributed by atoms with Gasteiger partial charge in [0.15, 0.2) is 0 Å². The molecule has 84 valence electrons. The molecule has 0 radical (unpaired) electrons. The van der Waals surface area contributed by atoms with Crippen molar-refractivity contribution in [2.75, 3.05) is 0 Å². The molecule has 1 aromatic heterocycles. The first kappa shape index (κ1) is 10.8. The third kappa shape index (κ3) is 2.10. The summed E-state index contributed by atoms with van der Waals surface area (Å²) in [5, 5.41) is 0. The van der Waals surface area contributed by atoms with Gasteiger partial charge in [0, 0.05) is 6.21 Å². The Kier molecular flexibility index (Phi) is 2.73. The third-order valence-corrected chi connectivity index (χ3v) is 2.35. The van der Waals surface area contributed by atoms with Gasteiger partial charge >= 0.3 is 0 Å². The quantitative estimate of drug-likeness (QED) is 0.779. The van der Waals surface area contributed by atoms with Crippen LogP contribution in [0.5, 0.6) is 5.75 Å². The molecule has 0 fully saturated rings. The van der Waals surface area contributed by atoms with E-state index < -0.39 is 5.54 Å². The second kappa shape index (κ2) is 4.04. The van der Waals surface area contributed by atoms with Crippen LogP contribution in [0.15, 0.2) is 28.3 Å². The molecular formula is C12H15N3O. The van der Waals surface area contributed by atoms with Gasteiger partial charge in [-0.25, -0.2) is 4.99 Å². The van der Waals surface area contributed by atoms with E-state index in [1.54, 1.807) is 18.7 Å². The predicted molar refractivity (Wildman–Crippen MR) is 64.3 cm³/mol. The summed E-state index contributed by atoms with van der Waals surface area (Å²) in [7, 11) is 0. The zero-order chi connectivity index (χ0) is 11.6. The highest BCUT2D eigenvalue weighted by atomic mass is 16.5. The number of hydrogen-bond donors (Lipinski definition) is 0. The highest BCUT2D eigenvalue weighted by Crippen LogP contribution is 2.25. The fourth-order valence-electron chi connectivity index (χ4n) is 1.52. The van der Waals surface area contributed by atoms with Crippen molar-refractivity contribution in [3.05, 3.63) is 24.0 Å². The standard InChI is InChI=1S/C12H15N3O/c1-9(2)16-10-4-5-11(14-6-10)12(3)7-13-8-15-12/h4-9H,1-3H3. The average molecular weight is 217 g/mol. The first-order valence-corrected chi connectivity index (χ1v) is 5.31. The van der Waals surface area contributed by atoms with E-state index in [1.807, 2.05) is 32.9 Å². The summed E-state index contributed by atoms with van der Waals surface area (Å²) in [6, 6.07) is 3.83. The molecule has 0 saturated heterocycles. The van der Waals surface area contributed by atoms with Gasteiger partial charge in [0.1, 0.15) is 17.6 Å². The lowest BCUT2D eigenvalue weighted by molar-refractivity contribution is 0.241. The summed E-state index contributed by atoms with van der Waals surface area (Å²) < 4.78 is 5.53. The van der Waals surface area contributed by atoms with Gasteiger partial charge in [-0.1, -0.05) is 0 Å². The molecular weight excluding hydrogens is 202 g/mol. The molecule has 16 heavy (non-hydrogen) atoms. The second-order valence-electron chi connectivity index (χ2n) is 4.22. The largest absolute Gasteiger partial charge is 0.489 e. The Morgan fingerprint density at radius 2 is 2.12 bits per heavy atom. The fraction of sp³-hybridized carbons (Fsp3) is 0.417. The molecule has 0 N–H and O–H groups in total. The molecule has 0 spiro atoms. The van der Waals surface area contributed by atoms with Gasteiger partial charge in [0.05, 0.1) is 18.0 Å². The van der Waals surface area contributed by atoms with E-state index >= 15 is 0 Å². The Bertz CT molecular complexity index is 408. The number of rotatable bonds is 3. The predicted octanol–water partition coefficient (Wildman–Crippen LogP) is 2.20. The smallest absolute Gasteiger partial charge is 0.137 e. The van der Waals surface area contributed by atoms with Crippen LogP contribution < -0.4 is 4.74 Å². The normalized spacial score (nSPS) is 23.0. The van der Waals surface area contributed by atoms with Crippen LogP contribution in [0, 0.1) is 0 Å². The molecule has 1 aliphatic rings. The van der Waals surface area contributed by atoms with Gasteiger partial charge in [0.25, 0.3) is 0 Å². The van der Waals surface area contributed by atoms with Gasteiger partial charge in [-0.15, -0.1) is 0 Å². The van der Waals surface area contributed by atoms with Crippen LogP contribution in [-0.2, 0) is 5.54 Å². The van der Waals surface area contributed by atoms with E-state index in [9.17, 15) is 0 Å². The van der Waals surface area contributed by atoms with Crippen LogP contribution in [0.25, 0.3) is 0 Å². The van der Waals surface area contributed by atoms with Crippen LogP contribution in [0.4, 0.5) is 0 Å². The van der Waals surface area contributed by atoms with Gasteiger partial charge < -0.3 is 4.74 Å². The lowest BCUT2D eigenvalue weighted by Gasteiger charge is -2.16. The maximum atomic E-state index is 5.53. The number of aliphatic imine (C=N–C) groups is 2. The van der Waals surface area contributed by atoms with Crippen LogP contribution >= 0.6 is 0 Å². The summed E-state index contributed by atoms with van der Waals surface area (Å²) in [6.45, 7) is 5.96. The van der Waals surface area contributed by atoms with E-state index in [1.165, 1.54) is 0 Å². The number of ether oxygens (including phenoxy) is 1. The first-order chi connectivity index (χ1) is 7.60. The first-order valence-electron chi connectivity index (χ1n) is 5.31. The Labute approximate surface area is 95.1 Å². The monoisotopic (exact) mass is 217 g/mol.